The van der Waals surface area contributed by atoms with Gasteiger partial charge in [0.15, 0.2) is 0 Å². The highest BCUT2D eigenvalue weighted by atomic mass is 35.5. The standard InChI is InChI=1S/C18H24ClNO4/c1-18(2,3)24-17(22)20-9-8-14(15(11-20)16(21)23-4)12-6-5-7-13(19)10-12/h5-7,10,14-15H,8-9,11H2,1-4H3. The number of methoxy groups -OCH3 is 1. The van der Waals surface area contributed by atoms with Crippen LogP contribution in [-0.2, 0) is 14.3 Å². The number of rotatable bonds is 2. The molecule has 24 heavy (non-hydrogen) atoms. The van der Waals surface area contributed by atoms with E-state index < -0.39 is 17.6 Å². The van der Waals surface area contributed by atoms with Gasteiger partial charge in [-0.2, -0.15) is 0 Å². The van der Waals surface area contributed by atoms with Crippen molar-refractivity contribution in [1.29, 1.82) is 0 Å². The zero-order chi connectivity index (χ0) is 17.9. The smallest absolute Gasteiger partial charge is 0.410 e. The summed E-state index contributed by atoms with van der Waals surface area (Å²) in [5.74, 6) is -0.794. The van der Waals surface area contributed by atoms with Crippen molar-refractivity contribution in [1.82, 2.24) is 4.90 Å². The van der Waals surface area contributed by atoms with Crippen molar-refractivity contribution in [2.45, 2.75) is 38.7 Å². The third-order valence-corrected chi connectivity index (χ3v) is 4.28. The third kappa shape index (κ3) is 4.63. The average Bonchev–Trinajstić information content (AvgIpc) is 2.52. The van der Waals surface area contributed by atoms with Crippen LogP contribution < -0.4 is 0 Å². The Balaban J connectivity index is 2.19. The van der Waals surface area contributed by atoms with Gasteiger partial charge in [-0.3, -0.25) is 4.79 Å². The van der Waals surface area contributed by atoms with Gasteiger partial charge in [0.05, 0.1) is 13.0 Å². The van der Waals surface area contributed by atoms with E-state index in [0.29, 0.717) is 18.0 Å². The number of esters is 1. The molecule has 1 aromatic rings. The summed E-state index contributed by atoms with van der Waals surface area (Å²) in [6.45, 7) is 6.27. The summed E-state index contributed by atoms with van der Waals surface area (Å²) in [5.41, 5.74) is 0.420. The van der Waals surface area contributed by atoms with E-state index in [1.165, 1.54) is 7.11 Å². The second-order valence-corrected chi connectivity index (χ2v) is 7.44. The van der Waals surface area contributed by atoms with Crippen molar-refractivity contribution in [2.24, 2.45) is 5.92 Å². The molecule has 1 heterocycles. The molecule has 0 aromatic heterocycles. The van der Waals surface area contributed by atoms with Gasteiger partial charge in [-0.25, -0.2) is 4.79 Å². The molecular formula is C18H24ClNO4. The van der Waals surface area contributed by atoms with Crippen molar-refractivity contribution in [3.05, 3.63) is 34.9 Å². The molecule has 0 radical (unpaired) electrons. The van der Waals surface area contributed by atoms with Crippen molar-refractivity contribution in [2.75, 3.05) is 20.2 Å². The van der Waals surface area contributed by atoms with Crippen molar-refractivity contribution in [3.63, 3.8) is 0 Å². The molecule has 0 saturated carbocycles. The van der Waals surface area contributed by atoms with E-state index in [4.69, 9.17) is 21.1 Å². The molecule has 2 atom stereocenters. The van der Waals surface area contributed by atoms with Crippen LogP contribution in [0.4, 0.5) is 4.79 Å². The predicted octanol–water partition coefficient (Wildman–Crippen LogP) is 3.85. The van der Waals surface area contributed by atoms with Gasteiger partial charge in [-0.15, -0.1) is 0 Å². The maximum absolute atomic E-state index is 12.3. The summed E-state index contributed by atoms with van der Waals surface area (Å²) in [6, 6.07) is 7.49. The van der Waals surface area contributed by atoms with Gasteiger partial charge >= 0.3 is 12.1 Å². The summed E-state index contributed by atoms with van der Waals surface area (Å²) >= 11 is 6.08. The molecule has 0 spiro atoms. The van der Waals surface area contributed by atoms with Gasteiger partial charge in [-0.05, 0) is 44.9 Å². The van der Waals surface area contributed by atoms with Crippen molar-refractivity contribution in [3.8, 4) is 0 Å². The molecular weight excluding hydrogens is 330 g/mol. The van der Waals surface area contributed by atoms with Gasteiger partial charge in [-0.1, -0.05) is 23.7 Å². The Labute approximate surface area is 147 Å². The largest absolute Gasteiger partial charge is 0.469 e. The number of amides is 1. The first-order chi connectivity index (χ1) is 11.2. The van der Waals surface area contributed by atoms with Crippen LogP contribution in [0.3, 0.4) is 0 Å². The van der Waals surface area contributed by atoms with E-state index in [0.717, 1.165) is 5.56 Å². The van der Waals surface area contributed by atoms with Gasteiger partial charge in [0.25, 0.3) is 0 Å². The minimum atomic E-state index is -0.568. The monoisotopic (exact) mass is 353 g/mol. The molecule has 1 amide bonds. The fourth-order valence-corrected chi connectivity index (χ4v) is 3.17. The highest BCUT2D eigenvalue weighted by Gasteiger charge is 2.38. The van der Waals surface area contributed by atoms with Crippen LogP contribution >= 0.6 is 11.6 Å². The van der Waals surface area contributed by atoms with E-state index in [-0.39, 0.29) is 18.4 Å². The number of piperidine rings is 1. The fourth-order valence-electron chi connectivity index (χ4n) is 2.97. The number of carbonyl (C=O) groups is 2. The number of halogens is 1. The second-order valence-electron chi connectivity index (χ2n) is 7.01. The summed E-state index contributed by atoms with van der Waals surface area (Å²) in [4.78, 5) is 26.1. The maximum atomic E-state index is 12.3. The summed E-state index contributed by atoms with van der Waals surface area (Å²) in [5, 5.41) is 0.630. The van der Waals surface area contributed by atoms with Crippen LogP contribution in [-0.4, -0.2) is 42.8 Å². The highest BCUT2D eigenvalue weighted by Crippen LogP contribution is 2.35. The molecule has 5 nitrogen and oxygen atoms in total. The molecule has 2 rings (SSSR count). The minimum absolute atomic E-state index is 0.0326. The summed E-state index contributed by atoms with van der Waals surface area (Å²) < 4.78 is 10.4. The number of hydrogen-bond acceptors (Lipinski definition) is 4. The predicted molar refractivity (Wildman–Crippen MR) is 92.1 cm³/mol. The normalized spacial score (nSPS) is 21.3. The lowest BCUT2D eigenvalue weighted by Crippen LogP contribution is -2.47. The number of nitrogens with zero attached hydrogens (tertiary/aromatic N) is 1. The van der Waals surface area contributed by atoms with Crippen LogP contribution in [0, 0.1) is 5.92 Å². The molecule has 1 aliphatic heterocycles. The molecule has 1 aromatic carbocycles. The molecule has 0 bridgehead atoms. The molecule has 2 unspecified atom stereocenters. The first-order valence-electron chi connectivity index (χ1n) is 8.02. The molecule has 1 saturated heterocycles. The van der Waals surface area contributed by atoms with Gasteiger partial charge in [0, 0.05) is 24.0 Å². The molecule has 6 heteroatoms. The summed E-state index contributed by atoms with van der Waals surface area (Å²) in [6.07, 6.45) is 0.250. The number of likely N-dealkylation sites (tertiary alicyclic amines) is 1. The Morgan fingerprint density at radius 2 is 2.00 bits per heavy atom. The Bertz CT molecular complexity index is 611. The number of carbonyl (C=O) groups excluding carboxylic acids is 2. The lowest BCUT2D eigenvalue weighted by Gasteiger charge is -2.38. The fraction of sp³-hybridized carbons (Fsp3) is 0.556. The Morgan fingerprint density at radius 3 is 2.58 bits per heavy atom. The molecule has 1 fully saturated rings. The second kappa shape index (κ2) is 7.43. The lowest BCUT2D eigenvalue weighted by molar-refractivity contribution is -0.148. The minimum Gasteiger partial charge on any atom is -0.469 e. The Morgan fingerprint density at radius 1 is 1.29 bits per heavy atom. The van der Waals surface area contributed by atoms with Crippen molar-refractivity contribution < 1.29 is 19.1 Å². The van der Waals surface area contributed by atoms with E-state index in [2.05, 4.69) is 0 Å². The highest BCUT2D eigenvalue weighted by molar-refractivity contribution is 6.30. The number of hydrogen-bond donors (Lipinski definition) is 0. The first-order valence-corrected chi connectivity index (χ1v) is 8.40. The Hall–Kier alpha value is -1.75. The lowest BCUT2D eigenvalue weighted by atomic mass is 9.80. The van der Waals surface area contributed by atoms with Gasteiger partial charge in [0.1, 0.15) is 5.60 Å². The molecule has 0 N–H and O–H groups in total. The first kappa shape index (κ1) is 18.6. The third-order valence-electron chi connectivity index (χ3n) is 4.05. The van der Waals surface area contributed by atoms with Crippen LogP contribution in [0.1, 0.15) is 38.7 Å². The quantitative estimate of drug-likeness (QED) is 0.758. The number of ether oxygens (including phenoxy) is 2. The van der Waals surface area contributed by atoms with Gasteiger partial charge in [0.2, 0.25) is 0 Å². The SMILES string of the molecule is COC(=O)C1CN(C(=O)OC(C)(C)C)CCC1c1cccc(Cl)c1. The van der Waals surface area contributed by atoms with E-state index in [9.17, 15) is 9.59 Å². The van der Waals surface area contributed by atoms with E-state index >= 15 is 0 Å². The van der Waals surface area contributed by atoms with Crippen LogP contribution in [0.25, 0.3) is 0 Å². The molecule has 1 aliphatic rings. The maximum Gasteiger partial charge on any atom is 0.410 e. The Kier molecular flexibility index (Phi) is 5.75. The molecule has 0 aliphatic carbocycles. The average molecular weight is 354 g/mol. The zero-order valence-corrected chi connectivity index (χ0v) is 15.3. The van der Waals surface area contributed by atoms with E-state index in [1.807, 2.05) is 39.0 Å². The summed E-state index contributed by atoms with van der Waals surface area (Å²) in [7, 11) is 1.36. The van der Waals surface area contributed by atoms with Crippen LogP contribution in [0.2, 0.25) is 5.02 Å². The van der Waals surface area contributed by atoms with E-state index in [1.54, 1.807) is 11.0 Å². The van der Waals surface area contributed by atoms with Crippen molar-refractivity contribution >= 4 is 23.7 Å². The zero-order valence-electron chi connectivity index (χ0n) is 14.5. The van der Waals surface area contributed by atoms with Crippen LogP contribution in [0.15, 0.2) is 24.3 Å². The topological polar surface area (TPSA) is 55.8 Å². The molecule has 132 valence electrons. The number of benzene rings is 1. The van der Waals surface area contributed by atoms with Gasteiger partial charge < -0.3 is 14.4 Å². The van der Waals surface area contributed by atoms with Crippen LogP contribution in [0.5, 0.6) is 0 Å².